The van der Waals surface area contributed by atoms with Crippen molar-refractivity contribution in [2.75, 3.05) is 45.2 Å². The fourth-order valence-electron chi connectivity index (χ4n) is 3.56. The molecule has 0 spiro atoms. The maximum atomic E-state index is 12.3. The van der Waals surface area contributed by atoms with Crippen molar-refractivity contribution in [1.82, 2.24) is 9.80 Å². The highest BCUT2D eigenvalue weighted by Gasteiger charge is 2.28. The Morgan fingerprint density at radius 1 is 1.25 bits per heavy atom. The van der Waals surface area contributed by atoms with Crippen LogP contribution < -0.4 is 10.1 Å². The van der Waals surface area contributed by atoms with Crippen LogP contribution >= 0.6 is 0 Å². The lowest BCUT2D eigenvalue weighted by molar-refractivity contribution is -0.133. The number of methoxy groups -OCH3 is 1. The van der Waals surface area contributed by atoms with Crippen molar-refractivity contribution >= 4 is 23.6 Å². The van der Waals surface area contributed by atoms with Gasteiger partial charge in [0.2, 0.25) is 11.8 Å². The zero-order chi connectivity index (χ0) is 19.9. The molecule has 0 atom stereocenters. The number of amides is 3. The molecule has 3 amide bonds. The van der Waals surface area contributed by atoms with Crippen molar-refractivity contribution in [2.24, 2.45) is 5.92 Å². The standard InChI is InChI=1S/C20H27N3O5/c1-27-17-4-2-3-16(13-17)21-18(24)6-5-15-7-9-22(10-8-15)19(25)14-23-11-12-28-20(23)26/h2-4,13,15H,5-12,14H2,1H3,(H,21,24). The number of cyclic esters (lactones) is 1. The maximum Gasteiger partial charge on any atom is 0.410 e. The van der Waals surface area contributed by atoms with E-state index in [-0.39, 0.29) is 18.4 Å². The minimum Gasteiger partial charge on any atom is -0.497 e. The molecule has 0 saturated carbocycles. The number of piperidine rings is 1. The molecule has 0 bridgehead atoms. The molecule has 0 aliphatic carbocycles. The molecule has 0 radical (unpaired) electrons. The fraction of sp³-hybridized carbons (Fsp3) is 0.550. The maximum absolute atomic E-state index is 12.3. The molecule has 28 heavy (non-hydrogen) atoms. The number of hydrogen-bond acceptors (Lipinski definition) is 5. The summed E-state index contributed by atoms with van der Waals surface area (Å²) >= 11 is 0. The monoisotopic (exact) mass is 389 g/mol. The molecule has 1 aromatic carbocycles. The van der Waals surface area contributed by atoms with Crippen molar-refractivity contribution in [3.05, 3.63) is 24.3 Å². The number of hydrogen-bond donors (Lipinski definition) is 1. The topological polar surface area (TPSA) is 88.2 Å². The van der Waals surface area contributed by atoms with Gasteiger partial charge in [-0.1, -0.05) is 6.07 Å². The van der Waals surface area contributed by atoms with E-state index in [4.69, 9.17) is 9.47 Å². The second kappa shape index (κ2) is 9.43. The van der Waals surface area contributed by atoms with Gasteiger partial charge in [0.05, 0.1) is 13.7 Å². The zero-order valence-corrected chi connectivity index (χ0v) is 16.2. The number of ether oxygens (including phenoxy) is 2. The van der Waals surface area contributed by atoms with E-state index in [1.165, 1.54) is 4.90 Å². The van der Waals surface area contributed by atoms with Crippen LogP contribution in [0.15, 0.2) is 24.3 Å². The first-order valence-electron chi connectivity index (χ1n) is 9.68. The zero-order valence-electron chi connectivity index (χ0n) is 16.2. The van der Waals surface area contributed by atoms with E-state index in [0.717, 1.165) is 24.9 Å². The number of carbonyl (C=O) groups excluding carboxylic acids is 3. The van der Waals surface area contributed by atoms with E-state index in [1.807, 2.05) is 18.2 Å². The normalized spacial score (nSPS) is 17.4. The number of nitrogens with one attached hydrogen (secondary N) is 1. The van der Waals surface area contributed by atoms with Crippen LogP contribution in [0.2, 0.25) is 0 Å². The first-order chi connectivity index (χ1) is 13.5. The van der Waals surface area contributed by atoms with Crippen LogP contribution in [0, 0.1) is 5.92 Å². The van der Waals surface area contributed by atoms with Crippen molar-refractivity contribution in [3.8, 4) is 5.75 Å². The summed E-state index contributed by atoms with van der Waals surface area (Å²) in [5.41, 5.74) is 0.727. The molecule has 0 aromatic heterocycles. The fourth-order valence-corrected chi connectivity index (χ4v) is 3.56. The molecule has 0 unspecified atom stereocenters. The second-order valence-electron chi connectivity index (χ2n) is 7.18. The molecule has 3 rings (SSSR count). The SMILES string of the molecule is COc1cccc(NC(=O)CCC2CCN(C(=O)CN3CCOC3=O)CC2)c1. The average Bonchev–Trinajstić information content (AvgIpc) is 3.11. The molecule has 2 aliphatic rings. The minimum atomic E-state index is -0.412. The summed E-state index contributed by atoms with van der Waals surface area (Å²) in [5.74, 6) is 1.08. The summed E-state index contributed by atoms with van der Waals surface area (Å²) in [7, 11) is 1.59. The molecule has 8 heteroatoms. The van der Waals surface area contributed by atoms with E-state index in [2.05, 4.69) is 5.32 Å². The summed E-state index contributed by atoms with van der Waals surface area (Å²) < 4.78 is 10.0. The predicted octanol–water partition coefficient (Wildman–Crippen LogP) is 2.10. The van der Waals surface area contributed by atoms with Crippen molar-refractivity contribution in [3.63, 3.8) is 0 Å². The molecule has 2 fully saturated rings. The molecule has 1 N–H and O–H groups in total. The van der Waals surface area contributed by atoms with Gasteiger partial charge in [0.15, 0.2) is 0 Å². The Morgan fingerprint density at radius 3 is 2.71 bits per heavy atom. The first kappa shape index (κ1) is 20.0. The smallest absolute Gasteiger partial charge is 0.410 e. The summed E-state index contributed by atoms with van der Waals surface area (Å²) in [5, 5.41) is 2.89. The van der Waals surface area contributed by atoms with E-state index in [1.54, 1.807) is 18.1 Å². The predicted molar refractivity (Wildman–Crippen MR) is 103 cm³/mol. The third-order valence-corrected chi connectivity index (χ3v) is 5.27. The second-order valence-corrected chi connectivity index (χ2v) is 7.18. The van der Waals surface area contributed by atoms with Crippen LogP contribution in [0.3, 0.4) is 0 Å². The lowest BCUT2D eigenvalue weighted by Gasteiger charge is -2.32. The van der Waals surface area contributed by atoms with E-state index < -0.39 is 6.09 Å². The number of carbonyl (C=O) groups is 3. The van der Waals surface area contributed by atoms with Crippen molar-refractivity contribution < 1.29 is 23.9 Å². The molecular formula is C20H27N3O5. The quantitative estimate of drug-likeness (QED) is 0.772. The van der Waals surface area contributed by atoms with Gasteiger partial charge in [-0.3, -0.25) is 14.5 Å². The summed E-state index contributed by atoms with van der Waals surface area (Å²) in [6.45, 7) is 2.26. The van der Waals surface area contributed by atoms with Crippen molar-refractivity contribution in [2.45, 2.75) is 25.7 Å². The van der Waals surface area contributed by atoms with Gasteiger partial charge in [0, 0.05) is 31.3 Å². The lowest BCUT2D eigenvalue weighted by atomic mass is 9.92. The van der Waals surface area contributed by atoms with Gasteiger partial charge in [-0.25, -0.2) is 4.79 Å². The van der Waals surface area contributed by atoms with Gasteiger partial charge < -0.3 is 19.7 Å². The molecule has 2 aliphatic heterocycles. The molecule has 2 saturated heterocycles. The molecule has 8 nitrogen and oxygen atoms in total. The number of benzene rings is 1. The van der Waals surface area contributed by atoms with Gasteiger partial charge in [0.25, 0.3) is 0 Å². The lowest BCUT2D eigenvalue weighted by Crippen LogP contribution is -2.44. The van der Waals surface area contributed by atoms with Gasteiger partial charge in [-0.05, 0) is 37.3 Å². The minimum absolute atomic E-state index is 0.0145. The summed E-state index contributed by atoms with van der Waals surface area (Å²) in [4.78, 5) is 39.2. The van der Waals surface area contributed by atoms with E-state index in [9.17, 15) is 14.4 Å². The number of nitrogens with zero attached hydrogens (tertiary/aromatic N) is 2. The Labute approximate surface area is 164 Å². The molecule has 1 aromatic rings. The highest BCUT2D eigenvalue weighted by molar-refractivity contribution is 5.90. The first-order valence-corrected chi connectivity index (χ1v) is 9.68. The Balaban J connectivity index is 1.36. The van der Waals surface area contributed by atoms with Gasteiger partial charge >= 0.3 is 6.09 Å². The van der Waals surface area contributed by atoms with Gasteiger partial charge in [-0.15, -0.1) is 0 Å². The summed E-state index contributed by atoms with van der Waals surface area (Å²) in [6.07, 6.45) is 2.60. The van der Waals surface area contributed by atoms with Crippen LogP contribution in [0.25, 0.3) is 0 Å². The average molecular weight is 389 g/mol. The Bertz CT molecular complexity index is 716. The van der Waals surface area contributed by atoms with Gasteiger partial charge in [0.1, 0.15) is 18.9 Å². The van der Waals surface area contributed by atoms with Crippen molar-refractivity contribution in [1.29, 1.82) is 0 Å². The molecule has 2 heterocycles. The number of anilines is 1. The molecule has 152 valence electrons. The highest BCUT2D eigenvalue weighted by atomic mass is 16.6. The Hall–Kier alpha value is -2.77. The third kappa shape index (κ3) is 5.37. The largest absolute Gasteiger partial charge is 0.497 e. The van der Waals surface area contributed by atoms with Crippen LogP contribution in [0.5, 0.6) is 5.75 Å². The van der Waals surface area contributed by atoms with Crippen LogP contribution in [-0.4, -0.2) is 67.6 Å². The van der Waals surface area contributed by atoms with Gasteiger partial charge in [-0.2, -0.15) is 0 Å². The number of rotatable bonds is 7. The number of likely N-dealkylation sites (tertiary alicyclic amines) is 1. The van der Waals surface area contributed by atoms with E-state index in [0.29, 0.717) is 44.3 Å². The Kier molecular flexibility index (Phi) is 6.73. The Morgan fingerprint density at radius 2 is 2.04 bits per heavy atom. The van der Waals surface area contributed by atoms with E-state index >= 15 is 0 Å². The van der Waals surface area contributed by atoms with Crippen LogP contribution in [0.1, 0.15) is 25.7 Å². The van der Waals surface area contributed by atoms with Crippen LogP contribution in [0.4, 0.5) is 10.5 Å². The summed E-state index contributed by atoms with van der Waals surface area (Å²) in [6, 6.07) is 7.29. The highest BCUT2D eigenvalue weighted by Crippen LogP contribution is 2.23. The molecular weight excluding hydrogens is 362 g/mol. The van der Waals surface area contributed by atoms with Crippen LogP contribution in [-0.2, 0) is 14.3 Å². The third-order valence-electron chi connectivity index (χ3n) is 5.27.